The van der Waals surface area contributed by atoms with E-state index in [0.29, 0.717) is 0 Å². The minimum Gasteiger partial charge on any atom is -0.0661 e. The van der Waals surface area contributed by atoms with E-state index in [0.717, 1.165) is 6.42 Å². The van der Waals surface area contributed by atoms with Gasteiger partial charge in [0.25, 0.3) is 0 Å². The van der Waals surface area contributed by atoms with Crippen LogP contribution in [0.15, 0.2) is 91.0 Å². The van der Waals surface area contributed by atoms with Crippen LogP contribution < -0.4 is 0 Å². The number of benzene rings is 3. The van der Waals surface area contributed by atoms with Gasteiger partial charge in [0.05, 0.1) is 0 Å². The van der Waals surface area contributed by atoms with E-state index in [-0.39, 0.29) is 0 Å². The molecule has 1 aliphatic heterocycles. The maximum atomic E-state index is 2.26. The van der Waals surface area contributed by atoms with Crippen molar-refractivity contribution < 1.29 is 0 Å². The fourth-order valence-electron chi connectivity index (χ4n) is 3.24. The lowest BCUT2D eigenvalue weighted by Gasteiger charge is -2.20. The Morgan fingerprint density at radius 3 is 1.73 bits per heavy atom. The summed E-state index contributed by atoms with van der Waals surface area (Å²) in [5.41, 5.74) is 6.92. The molecule has 0 nitrogen and oxygen atoms in total. The second-order valence-electron chi connectivity index (χ2n) is 6.10. The average Bonchev–Trinajstić information content (AvgIpc) is 2.70. The van der Waals surface area contributed by atoms with Crippen molar-refractivity contribution in [1.82, 2.24) is 0 Å². The SMILES string of the molecule is c1ccc(C2=PP=PCCC(c3ccccc3)=C2c2ccccc2)cc1. The van der Waals surface area contributed by atoms with Crippen molar-refractivity contribution >= 4 is 39.8 Å². The molecule has 0 amide bonds. The smallest absolute Gasteiger partial charge is 0.0220 e. The van der Waals surface area contributed by atoms with Gasteiger partial charge in [0, 0.05) is 5.29 Å². The first-order valence-electron chi connectivity index (χ1n) is 8.78. The summed E-state index contributed by atoms with van der Waals surface area (Å²) in [4.78, 5) is 0. The van der Waals surface area contributed by atoms with Crippen molar-refractivity contribution in [1.29, 1.82) is 0 Å². The Hall–Kier alpha value is -1.83. The molecule has 0 unspecified atom stereocenters. The monoisotopic (exact) mass is 388 g/mol. The molecular formula is C23H19P3. The van der Waals surface area contributed by atoms with Crippen molar-refractivity contribution in [3.8, 4) is 0 Å². The number of allylic oxidation sites excluding steroid dienone is 2. The third-order valence-electron chi connectivity index (χ3n) is 4.44. The minimum atomic E-state index is 1.12. The summed E-state index contributed by atoms with van der Waals surface area (Å²) >= 11 is 0. The summed E-state index contributed by atoms with van der Waals surface area (Å²) in [5, 5.41) is 1.45. The van der Waals surface area contributed by atoms with Gasteiger partial charge in [0.15, 0.2) is 0 Å². The molecule has 0 aromatic heterocycles. The number of hydrogen-bond acceptors (Lipinski definition) is 0. The van der Waals surface area contributed by atoms with E-state index in [9.17, 15) is 0 Å². The first kappa shape index (κ1) is 17.6. The van der Waals surface area contributed by atoms with Crippen molar-refractivity contribution in [2.75, 3.05) is 6.16 Å². The van der Waals surface area contributed by atoms with E-state index in [1.165, 1.54) is 62.6 Å². The summed E-state index contributed by atoms with van der Waals surface area (Å²) < 4.78 is 0. The Morgan fingerprint density at radius 1 is 0.577 bits per heavy atom. The molecule has 1 aliphatic rings. The Bertz CT molecular complexity index is 956. The van der Waals surface area contributed by atoms with Crippen LogP contribution in [0.1, 0.15) is 23.1 Å². The lowest BCUT2D eigenvalue weighted by Crippen LogP contribution is -2.06. The quantitative estimate of drug-likeness (QED) is 0.400. The summed E-state index contributed by atoms with van der Waals surface area (Å²) in [6.07, 6.45) is 2.34. The van der Waals surface area contributed by atoms with Crippen molar-refractivity contribution in [2.24, 2.45) is 0 Å². The molecule has 0 radical (unpaired) electrons. The Kier molecular flexibility index (Phi) is 5.88. The van der Waals surface area contributed by atoms with Crippen LogP contribution in [0.3, 0.4) is 0 Å². The van der Waals surface area contributed by atoms with E-state index in [1.54, 1.807) is 0 Å². The summed E-state index contributed by atoms with van der Waals surface area (Å²) in [7, 11) is 4.38. The van der Waals surface area contributed by atoms with Gasteiger partial charge >= 0.3 is 0 Å². The standard InChI is InChI=1S/C23H19P3/c1-4-10-18(11-5-1)21-16-17-24-26-25-23(20-14-8-3-9-15-20)22(21)19-12-6-2-7-13-19/h1-15H,16-17H2. The van der Waals surface area contributed by atoms with Crippen LogP contribution in [0.5, 0.6) is 0 Å². The van der Waals surface area contributed by atoms with E-state index in [2.05, 4.69) is 91.0 Å². The highest BCUT2D eigenvalue weighted by Gasteiger charge is 2.18. The van der Waals surface area contributed by atoms with E-state index in [4.69, 9.17) is 0 Å². The van der Waals surface area contributed by atoms with Gasteiger partial charge in [-0.05, 0) is 55.9 Å². The molecule has 3 aromatic carbocycles. The second kappa shape index (κ2) is 8.70. The molecule has 0 spiro atoms. The molecule has 0 saturated carbocycles. The molecule has 126 valence electrons. The third kappa shape index (κ3) is 3.95. The average molecular weight is 388 g/mol. The fourth-order valence-corrected chi connectivity index (χ4v) is 8.29. The lowest BCUT2D eigenvalue weighted by atomic mass is 9.88. The maximum absolute atomic E-state index is 2.26. The normalized spacial score (nSPS) is 16.4. The van der Waals surface area contributed by atoms with Gasteiger partial charge in [-0.3, -0.25) is 0 Å². The molecule has 26 heavy (non-hydrogen) atoms. The molecule has 3 aromatic rings. The van der Waals surface area contributed by atoms with Gasteiger partial charge < -0.3 is 0 Å². The number of hydrogen-bond donors (Lipinski definition) is 0. The minimum absolute atomic E-state index is 1.12. The third-order valence-corrected chi connectivity index (χ3v) is 9.55. The van der Waals surface area contributed by atoms with Crippen LogP contribution in [-0.4, -0.2) is 11.5 Å². The molecule has 0 atom stereocenters. The highest BCUT2D eigenvalue weighted by atomic mass is 32.2. The van der Waals surface area contributed by atoms with Crippen molar-refractivity contribution in [3.05, 3.63) is 108 Å². The summed E-state index contributed by atoms with van der Waals surface area (Å²) in [6.45, 7) is 0. The molecule has 0 saturated heterocycles. The van der Waals surface area contributed by atoms with Crippen molar-refractivity contribution in [2.45, 2.75) is 6.42 Å². The molecule has 0 aliphatic carbocycles. The highest BCUT2D eigenvalue weighted by molar-refractivity contribution is 8.24. The topological polar surface area (TPSA) is 0 Å². The van der Waals surface area contributed by atoms with Crippen LogP contribution in [0.25, 0.3) is 11.1 Å². The molecule has 1 heterocycles. The Balaban J connectivity index is 2.01. The zero-order valence-electron chi connectivity index (χ0n) is 14.4. The zero-order valence-corrected chi connectivity index (χ0v) is 17.1. The predicted octanol–water partition coefficient (Wildman–Crippen LogP) is 7.89. The highest BCUT2D eigenvalue weighted by Crippen LogP contribution is 2.43. The van der Waals surface area contributed by atoms with Crippen LogP contribution in [-0.2, 0) is 0 Å². The first-order chi connectivity index (χ1) is 12.9. The van der Waals surface area contributed by atoms with Crippen molar-refractivity contribution in [3.63, 3.8) is 0 Å². The van der Waals surface area contributed by atoms with Gasteiger partial charge in [0.1, 0.15) is 0 Å². The van der Waals surface area contributed by atoms with E-state index >= 15 is 0 Å². The lowest BCUT2D eigenvalue weighted by molar-refractivity contribution is 1.26. The molecule has 4 rings (SSSR count). The van der Waals surface area contributed by atoms with Crippen LogP contribution in [0.4, 0.5) is 0 Å². The van der Waals surface area contributed by atoms with E-state index in [1.807, 2.05) is 0 Å². The Morgan fingerprint density at radius 2 is 1.12 bits per heavy atom. The Labute approximate surface area is 160 Å². The van der Waals surface area contributed by atoms with Gasteiger partial charge in [-0.25, -0.2) is 0 Å². The largest absolute Gasteiger partial charge is 0.0661 e. The predicted molar refractivity (Wildman–Crippen MR) is 120 cm³/mol. The van der Waals surface area contributed by atoms with Gasteiger partial charge in [-0.1, -0.05) is 98.9 Å². The van der Waals surface area contributed by atoms with Crippen LogP contribution >= 0.6 is 23.3 Å². The van der Waals surface area contributed by atoms with Gasteiger partial charge in [-0.2, -0.15) is 0 Å². The maximum Gasteiger partial charge on any atom is 0.0220 e. The summed E-state index contributed by atoms with van der Waals surface area (Å²) in [5.74, 6) is 0. The molecular weight excluding hydrogens is 369 g/mol. The van der Waals surface area contributed by atoms with Crippen LogP contribution in [0, 0.1) is 0 Å². The van der Waals surface area contributed by atoms with E-state index < -0.39 is 0 Å². The molecule has 3 heteroatoms. The van der Waals surface area contributed by atoms with Gasteiger partial charge in [-0.15, -0.1) is 0 Å². The first-order valence-corrected chi connectivity index (χ1v) is 13.1. The van der Waals surface area contributed by atoms with Gasteiger partial charge in [0.2, 0.25) is 0 Å². The fraction of sp³-hybridized carbons (Fsp3) is 0.0870. The molecule has 0 bridgehead atoms. The summed E-state index contributed by atoms with van der Waals surface area (Å²) in [6, 6.07) is 32.7. The second-order valence-corrected chi connectivity index (χ2v) is 11.3. The molecule has 0 fully saturated rings. The molecule has 0 N–H and O–H groups in total. The zero-order chi connectivity index (χ0) is 17.6. The van der Waals surface area contributed by atoms with Crippen LogP contribution in [0.2, 0.25) is 0 Å². The number of rotatable bonds is 3.